The molecule has 1 aliphatic carbocycles. The molecule has 1 N–H and O–H groups in total. The number of alkyl halides is 2. The summed E-state index contributed by atoms with van der Waals surface area (Å²) in [5.74, 6) is 2.35. The van der Waals surface area contributed by atoms with Gasteiger partial charge in [-0.1, -0.05) is 55.3 Å². The summed E-state index contributed by atoms with van der Waals surface area (Å²) in [5.41, 5.74) is 4.27. The zero-order valence-corrected chi connectivity index (χ0v) is 22.6. The number of hydrogen-bond donors (Lipinski definition) is 1. The van der Waals surface area contributed by atoms with E-state index in [9.17, 15) is 13.6 Å². The highest BCUT2D eigenvalue weighted by Gasteiger charge is 2.46. The zero-order valence-electron chi connectivity index (χ0n) is 22.6. The van der Waals surface area contributed by atoms with Crippen LogP contribution < -0.4 is 15.9 Å². The number of nitrogens with one attached hydrogen (secondary N) is 1. The van der Waals surface area contributed by atoms with E-state index in [1.165, 1.54) is 0 Å². The number of benzene rings is 2. The first-order chi connectivity index (χ1) is 19.3. The summed E-state index contributed by atoms with van der Waals surface area (Å²) >= 11 is 0. The van der Waals surface area contributed by atoms with E-state index >= 15 is 0 Å². The highest BCUT2D eigenvalue weighted by atomic mass is 19.3. The van der Waals surface area contributed by atoms with Crippen LogP contribution in [0.25, 0.3) is 23.4 Å². The van der Waals surface area contributed by atoms with Crippen molar-refractivity contribution in [2.75, 3.05) is 13.2 Å². The fourth-order valence-corrected chi connectivity index (χ4v) is 5.43. The molecule has 0 spiro atoms. The Morgan fingerprint density at radius 2 is 2.08 bits per heavy atom. The maximum Gasteiger partial charge on any atom is 0.251 e. The lowest BCUT2D eigenvalue weighted by atomic mass is 9.64. The third-order valence-electron chi connectivity index (χ3n) is 8.01. The van der Waals surface area contributed by atoms with E-state index in [-0.39, 0.29) is 18.4 Å². The lowest BCUT2D eigenvalue weighted by molar-refractivity contribution is 0.000864. The Balaban J connectivity index is 1.35. The topological polar surface area (TPSA) is 51.2 Å². The minimum atomic E-state index is -2.39. The van der Waals surface area contributed by atoms with Crippen molar-refractivity contribution in [3.63, 3.8) is 0 Å². The summed E-state index contributed by atoms with van der Waals surface area (Å²) in [7, 11) is 0. The Bertz CT molecular complexity index is 1620. The number of terminal acetylenes is 1. The van der Waals surface area contributed by atoms with Gasteiger partial charge in [0.1, 0.15) is 0 Å². The van der Waals surface area contributed by atoms with Crippen LogP contribution in [0.5, 0.6) is 0 Å². The predicted molar refractivity (Wildman–Crippen MR) is 154 cm³/mol. The van der Waals surface area contributed by atoms with Gasteiger partial charge in [-0.15, -0.1) is 6.42 Å². The van der Waals surface area contributed by atoms with E-state index in [2.05, 4.69) is 17.8 Å². The van der Waals surface area contributed by atoms with Gasteiger partial charge in [0.05, 0.1) is 35.6 Å². The number of amides is 1. The van der Waals surface area contributed by atoms with Crippen LogP contribution >= 0.6 is 0 Å². The third kappa shape index (κ3) is 5.35. The molecular weight excluding hydrogens is 506 g/mol. The molecule has 40 heavy (non-hydrogen) atoms. The van der Waals surface area contributed by atoms with Gasteiger partial charge < -0.3 is 10.1 Å². The molecule has 0 bridgehead atoms. The number of rotatable bonds is 7. The van der Waals surface area contributed by atoms with Gasteiger partial charge in [0, 0.05) is 17.7 Å². The molecule has 0 saturated heterocycles. The van der Waals surface area contributed by atoms with Crippen LogP contribution in [0.15, 0.2) is 66.7 Å². The number of halogens is 2. The van der Waals surface area contributed by atoms with Crippen LogP contribution in [0.3, 0.4) is 0 Å². The second-order valence-electron chi connectivity index (χ2n) is 10.5. The summed E-state index contributed by atoms with van der Waals surface area (Å²) < 4.78 is 33.4. The number of fused-ring (bicyclic) bond motifs is 1. The highest BCUT2D eigenvalue weighted by Crippen LogP contribution is 2.48. The van der Waals surface area contributed by atoms with Crippen LogP contribution in [0.4, 0.5) is 8.78 Å². The van der Waals surface area contributed by atoms with Gasteiger partial charge >= 0.3 is 0 Å². The van der Waals surface area contributed by atoms with Crippen LogP contribution in [-0.2, 0) is 16.8 Å². The summed E-state index contributed by atoms with van der Waals surface area (Å²) in [5, 5.41) is 4.53. The molecule has 5 rings (SSSR count). The van der Waals surface area contributed by atoms with Gasteiger partial charge in [-0.05, 0) is 77.6 Å². The van der Waals surface area contributed by atoms with Crippen LogP contribution in [-0.4, -0.2) is 30.5 Å². The molecule has 1 unspecified atom stereocenters. The maximum atomic E-state index is 13.9. The first-order valence-electron chi connectivity index (χ1n) is 13.5. The molecule has 6 heteroatoms. The predicted octanol–water partition coefficient (Wildman–Crippen LogP) is 5.25. The Kier molecular flexibility index (Phi) is 7.95. The molecule has 2 aromatic carbocycles. The molecule has 204 valence electrons. The Morgan fingerprint density at radius 1 is 1.25 bits per heavy atom. The molecule has 1 aromatic heterocycles. The molecule has 0 radical (unpaired) electrons. The monoisotopic (exact) mass is 538 g/mol. The largest absolute Gasteiger partial charge is 0.375 e. The Morgan fingerprint density at radius 3 is 2.77 bits per heavy atom. The van der Waals surface area contributed by atoms with Gasteiger partial charge in [0.2, 0.25) is 6.43 Å². The normalized spacial score (nSPS) is 18.5. The number of carbonyl (C=O) groups excluding carboxylic acids is 1. The van der Waals surface area contributed by atoms with E-state index in [1.54, 1.807) is 12.1 Å². The van der Waals surface area contributed by atoms with Gasteiger partial charge in [0.15, 0.2) is 0 Å². The summed E-state index contributed by atoms with van der Waals surface area (Å²) in [6.45, 7) is 7.21. The van der Waals surface area contributed by atoms with Gasteiger partial charge in [0.25, 0.3) is 5.91 Å². The third-order valence-corrected chi connectivity index (χ3v) is 8.01. The fraction of sp³-hybridized carbons (Fsp3) is 0.294. The molecule has 3 aromatic rings. The Hall–Kier alpha value is -4.08. The van der Waals surface area contributed by atoms with Crippen molar-refractivity contribution in [2.24, 2.45) is 0 Å². The van der Waals surface area contributed by atoms with E-state index in [0.717, 1.165) is 28.3 Å². The number of aromatic nitrogens is 1. The first-order valence-corrected chi connectivity index (χ1v) is 13.5. The first kappa shape index (κ1) is 27.5. The lowest BCUT2D eigenvalue weighted by Crippen LogP contribution is -2.41. The quantitative estimate of drug-likeness (QED) is 0.418. The fourth-order valence-electron chi connectivity index (χ4n) is 5.43. The molecule has 1 fully saturated rings. The van der Waals surface area contributed by atoms with Crippen molar-refractivity contribution in [3.05, 3.63) is 99.6 Å². The molecule has 1 saturated carbocycles. The smallest absolute Gasteiger partial charge is 0.251 e. The molecule has 1 atom stereocenters. The molecule has 4 nitrogen and oxygen atoms in total. The van der Waals surface area contributed by atoms with Crippen molar-refractivity contribution in [3.8, 4) is 23.6 Å². The second kappa shape index (κ2) is 11.6. The second-order valence-corrected chi connectivity index (χ2v) is 10.5. The van der Waals surface area contributed by atoms with Crippen molar-refractivity contribution in [1.82, 2.24) is 10.3 Å². The lowest BCUT2D eigenvalue weighted by Gasteiger charge is -2.41. The van der Waals surface area contributed by atoms with Gasteiger partial charge in [-0.3, -0.25) is 4.79 Å². The molecular formula is C34H32F2N2O2. The Labute approximate surface area is 233 Å². The number of nitrogens with zero attached hydrogens (tertiary/aromatic N) is 1. The van der Waals surface area contributed by atoms with Crippen molar-refractivity contribution < 1.29 is 18.3 Å². The van der Waals surface area contributed by atoms with Crippen LogP contribution in [0.1, 0.15) is 59.2 Å². The van der Waals surface area contributed by atoms with Crippen LogP contribution in [0, 0.1) is 12.3 Å². The number of pyridine rings is 1. The van der Waals surface area contributed by atoms with Crippen molar-refractivity contribution >= 4 is 18.1 Å². The summed E-state index contributed by atoms with van der Waals surface area (Å²) in [4.78, 5) is 17.7. The number of carbonyl (C=O) groups is 1. The summed E-state index contributed by atoms with van der Waals surface area (Å²) in [6, 6.07) is 16.7. The van der Waals surface area contributed by atoms with Gasteiger partial charge in [-0.2, -0.15) is 0 Å². The maximum absolute atomic E-state index is 13.9. The van der Waals surface area contributed by atoms with Crippen molar-refractivity contribution in [2.45, 2.75) is 50.6 Å². The average Bonchev–Trinajstić information content (AvgIpc) is 2.94. The van der Waals surface area contributed by atoms with Crippen molar-refractivity contribution in [1.29, 1.82) is 0 Å². The SMILES string of the molecule is C#CC1COCc2ccc(C(=O)NCC(=C)/C=c3/nc(-c4cccc(C5(C(F)F)CCC5)c4)cc/c3=C/C)cc21. The van der Waals surface area contributed by atoms with Gasteiger partial charge in [-0.25, -0.2) is 13.8 Å². The van der Waals surface area contributed by atoms with E-state index < -0.39 is 11.8 Å². The van der Waals surface area contributed by atoms with E-state index in [1.807, 2.05) is 61.5 Å². The average molecular weight is 539 g/mol. The minimum absolute atomic E-state index is 0.169. The number of ether oxygens (including phenoxy) is 1. The minimum Gasteiger partial charge on any atom is -0.375 e. The molecule has 2 heterocycles. The zero-order chi connectivity index (χ0) is 28.3. The highest BCUT2D eigenvalue weighted by molar-refractivity contribution is 5.94. The molecule has 2 aliphatic rings. The van der Waals surface area contributed by atoms with E-state index in [0.29, 0.717) is 53.8 Å². The number of hydrogen-bond acceptors (Lipinski definition) is 3. The van der Waals surface area contributed by atoms with E-state index in [4.69, 9.17) is 16.1 Å². The molecule has 1 amide bonds. The standard InChI is InChI=1S/C34H32F2N2O2/c1-4-23-12-13-30(25-8-6-9-28(17-25)34(33(35)36)14-7-15-34)38-31(23)16-22(3)19-37-32(39)26-10-11-27-21-40-20-24(5-2)29(27)18-26/h2,4,6,8-13,16-18,24,33H,3,7,14-15,19-21H2,1H3,(H,37,39)/b23-4-,31-16+. The van der Waals surface area contributed by atoms with Crippen LogP contribution in [0.2, 0.25) is 0 Å². The molecule has 1 aliphatic heterocycles. The summed E-state index contributed by atoms with van der Waals surface area (Å²) in [6.07, 6.45) is 8.87.